The zero-order valence-electron chi connectivity index (χ0n) is 24.9. The van der Waals surface area contributed by atoms with Crippen molar-refractivity contribution >= 4 is 29.5 Å². The molecular formula is C29H49N5O5. The fourth-order valence-electron chi connectivity index (χ4n) is 6.23. The summed E-state index contributed by atoms with van der Waals surface area (Å²) in [5, 5.41) is 8.61. The molecule has 1 heterocycles. The highest BCUT2D eigenvalue weighted by atomic mass is 16.2. The lowest BCUT2D eigenvalue weighted by atomic mass is 9.75. The van der Waals surface area contributed by atoms with E-state index in [1.54, 1.807) is 4.90 Å². The second-order valence-electron chi connectivity index (χ2n) is 14.2. The van der Waals surface area contributed by atoms with Gasteiger partial charge < -0.3 is 26.6 Å². The van der Waals surface area contributed by atoms with E-state index in [2.05, 4.69) is 29.8 Å². The average Bonchev–Trinajstić information content (AvgIpc) is 3.46. The molecule has 1 aliphatic heterocycles. The van der Waals surface area contributed by atoms with E-state index >= 15 is 0 Å². The number of urea groups is 1. The van der Waals surface area contributed by atoms with E-state index < -0.39 is 47.2 Å². The van der Waals surface area contributed by atoms with Gasteiger partial charge in [0.2, 0.25) is 17.6 Å². The van der Waals surface area contributed by atoms with Crippen LogP contribution in [0.5, 0.6) is 0 Å². The van der Waals surface area contributed by atoms with Crippen LogP contribution in [0.25, 0.3) is 0 Å². The Balaban J connectivity index is 1.89. The molecule has 5 N–H and O–H groups in total. The molecule has 3 fully saturated rings. The molecule has 0 spiro atoms. The van der Waals surface area contributed by atoms with E-state index in [9.17, 15) is 24.0 Å². The van der Waals surface area contributed by atoms with E-state index in [1.807, 2.05) is 41.5 Å². The number of nitrogens with zero attached hydrogens (tertiary/aromatic N) is 1. The molecule has 1 saturated heterocycles. The number of carbonyl (C=O) groups is 5. The number of primary amides is 1. The second kappa shape index (κ2) is 11.5. The number of carbonyl (C=O) groups excluding carboxylic acids is 5. The molecule has 39 heavy (non-hydrogen) atoms. The number of hydrogen-bond donors (Lipinski definition) is 4. The van der Waals surface area contributed by atoms with Gasteiger partial charge in [-0.1, -0.05) is 61.3 Å². The van der Waals surface area contributed by atoms with Crippen LogP contribution in [0.3, 0.4) is 0 Å². The monoisotopic (exact) mass is 547 g/mol. The van der Waals surface area contributed by atoms with Crippen LogP contribution in [0.15, 0.2) is 0 Å². The summed E-state index contributed by atoms with van der Waals surface area (Å²) in [5.41, 5.74) is 4.48. The molecule has 10 heteroatoms. The minimum Gasteiger partial charge on any atom is -0.363 e. The molecule has 0 aromatic heterocycles. The van der Waals surface area contributed by atoms with Crippen molar-refractivity contribution in [1.29, 1.82) is 0 Å². The molecule has 6 atom stereocenters. The van der Waals surface area contributed by atoms with Crippen LogP contribution in [-0.2, 0) is 19.2 Å². The maximum absolute atomic E-state index is 14.2. The first-order chi connectivity index (χ1) is 17.9. The fraction of sp³-hybridized carbons (Fsp3) is 0.828. The van der Waals surface area contributed by atoms with E-state index in [1.165, 1.54) is 0 Å². The van der Waals surface area contributed by atoms with Gasteiger partial charge in [0.15, 0.2) is 0 Å². The van der Waals surface area contributed by atoms with Crippen LogP contribution in [0, 0.1) is 34.5 Å². The molecule has 5 amide bonds. The number of nitrogens with two attached hydrogens (primary N) is 1. The molecule has 2 aliphatic carbocycles. The second-order valence-corrected chi connectivity index (χ2v) is 14.2. The number of hydrogen-bond acceptors (Lipinski definition) is 5. The van der Waals surface area contributed by atoms with Crippen LogP contribution in [0.4, 0.5) is 4.79 Å². The van der Waals surface area contributed by atoms with Gasteiger partial charge in [-0.3, -0.25) is 19.2 Å². The molecule has 0 aromatic carbocycles. The van der Waals surface area contributed by atoms with E-state index in [0.29, 0.717) is 13.0 Å². The van der Waals surface area contributed by atoms with Crippen molar-refractivity contribution in [2.24, 2.45) is 40.2 Å². The summed E-state index contributed by atoms with van der Waals surface area (Å²) in [5.74, 6) is -2.12. The summed E-state index contributed by atoms with van der Waals surface area (Å²) in [6.45, 7) is 16.2. The highest BCUT2D eigenvalue weighted by Gasteiger charge is 2.58. The van der Waals surface area contributed by atoms with Gasteiger partial charge in [-0.15, -0.1) is 0 Å². The van der Waals surface area contributed by atoms with E-state index in [4.69, 9.17) is 5.73 Å². The van der Waals surface area contributed by atoms with Gasteiger partial charge in [-0.25, -0.2) is 4.79 Å². The van der Waals surface area contributed by atoms with Crippen molar-refractivity contribution in [3.8, 4) is 0 Å². The Morgan fingerprint density at radius 2 is 1.59 bits per heavy atom. The maximum atomic E-state index is 14.2. The van der Waals surface area contributed by atoms with Gasteiger partial charge in [0.05, 0.1) is 6.04 Å². The van der Waals surface area contributed by atoms with Gasteiger partial charge in [-0.05, 0) is 60.7 Å². The molecule has 3 rings (SSSR count). The number of likely N-dealkylation sites (tertiary alicyclic amines) is 1. The average molecular weight is 548 g/mol. The Morgan fingerprint density at radius 3 is 2.10 bits per heavy atom. The third kappa shape index (κ3) is 7.11. The number of amides is 5. The number of fused-ring (bicyclic) bond motifs is 1. The molecule has 0 radical (unpaired) electrons. The molecular weight excluding hydrogens is 498 g/mol. The summed E-state index contributed by atoms with van der Waals surface area (Å²) in [6, 6.07) is -3.20. The van der Waals surface area contributed by atoms with Gasteiger partial charge in [-0.2, -0.15) is 0 Å². The quantitative estimate of drug-likeness (QED) is 0.310. The Kier molecular flexibility index (Phi) is 9.07. The van der Waals surface area contributed by atoms with E-state index in [-0.39, 0.29) is 41.0 Å². The van der Waals surface area contributed by atoms with Crippen LogP contribution < -0.4 is 21.7 Å². The minimum atomic E-state index is -1.07. The topological polar surface area (TPSA) is 151 Å². The highest BCUT2D eigenvalue weighted by molar-refractivity contribution is 6.37. The molecule has 0 bridgehead atoms. The molecule has 10 nitrogen and oxygen atoms in total. The van der Waals surface area contributed by atoms with Crippen molar-refractivity contribution < 1.29 is 24.0 Å². The Morgan fingerprint density at radius 1 is 0.974 bits per heavy atom. The third-order valence-electron chi connectivity index (χ3n) is 9.12. The number of Topliss-reactive ketones (excluding diaryl/α,β-unsaturated/α-hetero) is 1. The first-order valence-electron chi connectivity index (χ1n) is 14.5. The summed E-state index contributed by atoms with van der Waals surface area (Å²) >= 11 is 0. The Hall–Kier alpha value is -2.65. The lowest BCUT2D eigenvalue weighted by molar-refractivity contribution is -0.145. The van der Waals surface area contributed by atoms with Crippen molar-refractivity contribution in [3.63, 3.8) is 0 Å². The lowest BCUT2D eigenvalue weighted by Gasteiger charge is -2.39. The third-order valence-corrected chi connectivity index (χ3v) is 9.12. The van der Waals surface area contributed by atoms with Gasteiger partial charge in [0, 0.05) is 12.6 Å². The van der Waals surface area contributed by atoms with Gasteiger partial charge in [0.25, 0.3) is 5.91 Å². The predicted octanol–water partition coefficient (Wildman–Crippen LogP) is 2.35. The number of nitrogens with one attached hydrogen (secondary N) is 3. The summed E-state index contributed by atoms with van der Waals surface area (Å²) < 4.78 is 0. The SMILES string of the molecule is CC(C)[C@@H](C)NC(=O)N[C@H](C(=O)N1C[C@@H]2CCC(C)(C)[C@@H]2[C@H]1C(=O)NC(CC1CC1)C(=O)C(N)=O)C(C)(C)C. The van der Waals surface area contributed by atoms with Crippen molar-refractivity contribution in [1.82, 2.24) is 20.9 Å². The molecule has 0 aromatic rings. The van der Waals surface area contributed by atoms with Crippen LogP contribution in [0.2, 0.25) is 0 Å². The summed E-state index contributed by atoms with van der Waals surface area (Å²) in [6.07, 6.45) is 4.07. The van der Waals surface area contributed by atoms with Gasteiger partial charge >= 0.3 is 6.03 Å². The predicted molar refractivity (Wildman–Crippen MR) is 148 cm³/mol. The van der Waals surface area contributed by atoms with E-state index in [0.717, 1.165) is 25.7 Å². The summed E-state index contributed by atoms with van der Waals surface area (Å²) in [4.78, 5) is 66.9. The highest BCUT2D eigenvalue weighted by Crippen LogP contribution is 2.53. The van der Waals surface area contributed by atoms with Crippen molar-refractivity contribution in [2.45, 2.75) is 112 Å². The summed E-state index contributed by atoms with van der Waals surface area (Å²) in [7, 11) is 0. The minimum absolute atomic E-state index is 0.0858. The van der Waals surface area contributed by atoms with Crippen LogP contribution in [-0.4, -0.2) is 65.1 Å². The molecule has 1 unspecified atom stereocenters. The zero-order valence-corrected chi connectivity index (χ0v) is 24.9. The molecule has 220 valence electrons. The van der Waals surface area contributed by atoms with Crippen LogP contribution >= 0.6 is 0 Å². The largest absolute Gasteiger partial charge is 0.363 e. The normalized spacial score (nSPS) is 26.4. The fourth-order valence-corrected chi connectivity index (χ4v) is 6.23. The number of rotatable bonds is 10. The smallest absolute Gasteiger partial charge is 0.315 e. The zero-order chi connectivity index (χ0) is 29.4. The van der Waals surface area contributed by atoms with Crippen molar-refractivity contribution in [3.05, 3.63) is 0 Å². The first kappa shape index (κ1) is 30.9. The first-order valence-corrected chi connectivity index (χ1v) is 14.5. The number of ketones is 1. The Labute approximate surface area is 232 Å². The Bertz CT molecular complexity index is 983. The van der Waals surface area contributed by atoms with Crippen molar-refractivity contribution in [2.75, 3.05) is 6.54 Å². The van der Waals surface area contributed by atoms with Gasteiger partial charge in [0.1, 0.15) is 12.1 Å². The molecule has 2 saturated carbocycles. The standard InChI is InChI=1S/C29H49N5O5/c1-15(2)16(3)31-27(39)33-23(28(4,5)6)26(38)34-14-18-11-12-29(7,8)20(18)21(34)25(37)32-19(13-17-9-10-17)22(35)24(30)36/h15-21,23H,9-14H2,1-8H3,(H2,30,36)(H,32,37)(H2,31,33,39)/t16-,18+,19?,20+,21+,23-/m1/s1. The van der Waals surface area contributed by atoms with Crippen LogP contribution in [0.1, 0.15) is 87.5 Å². The molecule has 3 aliphatic rings. The lowest BCUT2D eigenvalue weighted by Crippen LogP contribution is -2.61. The maximum Gasteiger partial charge on any atom is 0.315 e.